The largest absolute Gasteiger partial charge is 0.444 e. The van der Waals surface area contributed by atoms with E-state index in [1.165, 1.54) is 11.1 Å². The highest BCUT2D eigenvalue weighted by Gasteiger charge is 2.28. The second-order valence-electron chi connectivity index (χ2n) is 10.4. The number of aliphatic imine (C=N–C) groups is 1. The predicted octanol–water partition coefficient (Wildman–Crippen LogP) is 5.57. The van der Waals surface area contributed by atoms with Crippen molar-refractivity contribution in [2.45, 2.75) is 59.3 Å². The van der Waals surface area contributed by atoms with Crippen molar-refractivity contribution in [3.63, 3.8) is 0 Å². The molecule has 39 heavy (non-hydrogen) atoms. The summed E-state index contributed by atoms with van der Waals surface area (Å²) in [4.78, 5) is 51.6. The molecule has 210 valence electrons. The van der Waals surface area contributed by atoms with Crippen LogP contribution in [0.4, 0.5) is 15.4 Å². The molecule has 2 aromatic rings. The Morgan fingerprint density at radius 1 is 1.05 bits per heavy atom. The molecule has 11 nitrogen and oxygen atoms in total. The molecule has 0 spiro atoms. The second kappa shape index (κ2) is 12.8. The molecule has 0 saturated carbocycles. The molecule has 0 N–H and O–H groups in total. The highest BCUT2D eigenvalue weighted by atomic mass is 79.9. The molecule has 0 aliphatic heterocycles. The molecule has 1 heterocycles. The van der Waals surface area contributed by atoms with Gasteiger partial charge in [-0.3, -0.25) is 9.79 Å². The number of carbonyl (C=O) groups is 3. The Balaban J connectivity index is 2.24. The fourth-order valence-corrected chi connectivity index (χ4v) is 3.32. The molecule has 0 aliphatic rings. The van der Waals surface area contributed by atoms with Crippen LogP contribution in [0.25, 0.3) is 5.76 Å². The smallest absolute Gasteiger partial charge is 0.422 e. The van der Waals surface area contributed by atoms with Gasteiger partial charge in [0.25, 0.3) is 0 Å². The van der Waals surface area contributed by atoms with Crippen LogP contribution < -0.4 is 4.90 Å². The minimum atomic E-state index is -0.931. The minimum Gasteiger partial charge on any atom is -0.444 e. The third-order valence-electron chi connectivity index (χ3n) is 4.66. The van der Waals surface area contributed by atoms with Gasteiger partial charge in [-0.2, -0.15) is 4.90 Å². The number of amides is 3. The van der Waals surface area contributed by atoms with Gasteiger partial charge in [-0.15, -0.1) is 0 Å². The average molecular weight is 605 g/mol. The van der Waals surface area contributed by atoms with Gasteiger partial charge in [0, 0.05) is 26.2 Å². The fraction of sp³-hybridized carbons (Fsp3) is 0.407. The Morgan fingerprint density at radius 3 is 2.13 bits per heavy atom. The van der Waals surface area contributed by atoms with E-state index in [-0.39, 0.29) is 29.6 Å². The van der Waals surface area contributed by atoms with E-state index in [9.17, 15) is 14.4 Å². The van der Waals surface area contributed by atoms with E-state index in [0.717, 1.165) is 5.56 Å². The van der Waals surface area contributed by atoms with Gasteiger partial charge in [0.1, 0.15) is 21.5 Å². The van der Waals surface area contributed by atoms with Crippen molar-refractivity contribution in [1.29, 1.82) is 0 Å². The fourth-order valence-electron chi connectivity index (χ4n) is 3.04. The Bertz CT molecular complexity index is 1250. The lowest BCUT2D eigenvalue weighted by molar-refractivity contribution is -0.107. The van der Waals surface area contributed by atoms with E-state index in [4.69, 9.17) is 14.2 Å². The van der Waals surface area contributed by atoms with Gasteiger partial charge in [-0.1, -0.05) is 18.7 Å². The number of rotatable bonds is 7. The van der Waals surface area contributed by atoms with Crippen molar-refractivity contribution in [2.75, 3.05) is 19.0 Å². The van der Waals surface area contributed by atoms with Crippen molar-refractivity contribution in [3.05, 3.63) is 58.5 Å². The summed E-state index contributed by atoms with van der Waals surface area (Å²) in [7, 11) is 3.20. The number of carbonyl (C=O) groups excluding carboxylic acids is 3. The first kappa shape index (κ1) is 31.4. The molecule has 0 unspecified atom stereocenters. The molecule has 12 heteroatoms. The maximum atomic E-state index is 12.6. The third kappa shape index (κ3) is 9.47. The number of anilines is 1. The molecular formula is C27H34BrN5O6. The van der Waals surface area contributed by atoms with Gasteiger partial charge >= 0.3 is 12.2 Å². The van der Waals surface area contributed by atoms with E-state index in [0.29, 0.717) is 21.6 Å². The summed E-state index contributed by atoms with van der Waals surface area (Å²) in [6, 6.07) is 7.21. The van der Waals surface area contributed by atoms with Crippen molar-refractivity contribution in [2.24, 2.45) is 4.99 Å². The average Bonchev–Trinajstić information content (AvgIpc) is 2.82. The van der Waals surface area contributed by atoms with E-state index >= 15 is 0 Å². The first-order valence-electron chi connectivity index (χ1n) is 11.9. The summed E-state index contributed by atoms with van der Waals surface area (Å²) in [5.41, 5.74) is 0.0752. The van der Waals surface area contributed by atoms with Crippen LogP contribution in [0, 0.1) is 0 Å². The molecule has 0 radical (unpaired) electrons. The predicted molar refractivity (Wildman–Crippen MR) is 151 cm³/mol. The molecule has 2 rings (SSSR count). The van der Waals surface area contributed by atoms with E-state index < -0.39 is 23.4 Å². The Morgan fingerprint density at radius 2 is 1.62 bits per heavy atom. The van der Waals surface area contributed by atoms with Crippen LogP contribution in [-0.4, -0.2) is 64.7 Å². The number of halogens is 1. The zero-order chi connectivity index (χ0) is 29.5. The van der Waals surface area contributed by atoms with Gasteiger partial charge < -0.3 is 19.1 Å². The number of aromatic nitrogens is 2. The van der Waals surface area contributed by atoms with Gasteiger partial charge in [0.15, 0.2) is 11.6 Å². The highest BCUT2D eigenvalue weighted by Crippen LogP contribution is 2.27. The van der Waals surface area contributed by atoms with Gasteiger partial charge in [0.2, 0.25) is 12.3 Å². The Kier molecular flexibility index (Phi) is 10.3. The van der Waals surface area contributed by atoms with Gasteiger partial charge in [-0.25, -0.2) is 19.6 Å². The highest BCUT2D eigenvalue weighted by molar-refractivity contribution is 9.10. The maximum Gasteiger partial charge on any atom is 0.422 e. The standard InChI is InChI=1S/C27H34BrN5O6/c1-17(21-22(30-14-20(28)31-21)33(16-34)25(36)39-27(5,6)7)37-23(29-8)19-12-10-18(11-13-19)15-32(9)24(35)38-26(2,3)4/h10-14,16H,1,15H2,2-9H3. The van der Waals surface area contributed by atoms with Crippen LogP contribution >= 0.6 is 15.9 Å². The number of hydrogen-bond donors (Lipinski definition) is 0. The summed E-state index contributed by atoms with van der Waals surface area (Å²) in [6.45, 7) is 14.7. The monoisotopic (exact) mass is 603 g/mol. The zero-order valence-corrected chi connectivity index (χ0v) is 25.0. The van der Waals surface area contributed by atoms with Crippen LogP contribution in [-0.2, 0) is 25.5 Å². The van der Waals surface area contributed by atoms with Crippen molar-refractivity contribution >= 4 is 52.0 Å². The van der Waals surface area contributed by atoms with E-state index in [1.807, 2.05) is 32.9 Å². The first-order chi connectivity index (χ1) is 18.0. The normalized spacial score (nSPS) is 11.9. The van der Waals surface area contributed by atoms with Gasteiger partial charge in [0.05, 0.1) is 6.20 Å². The molecule has 0 saturated heterocycles. The van der Waals surface area contributed by atoms with Gasteiger partial charge in [-0.05, 0) is 75.2 Å². The lowest BCUT2D eigenvalue weighted by Crippen LogP contribution is -2.37. The van der Waals surface area contributed by atoms with Crippen LogP contribution in [0.5, 0.6) is 0 Å². The number of hydrogen-bond acceptors (Lipinski definition) is 9. The summed E-state index contributed by atoms with van der Waals surface area (Å²) >= 11 is 3.24. The molecule has 0 bridgehead atoms. The summed E-state index contributed by atoms with van der Waals surface area (Å²) in [5, 5.41) is 0. The first-order valence-corrected chi connectivity index (χ1v) is 12.7. The topological polar surface area (TPSA) is 124 Å². The van der Waals surface area contributed by atoms with E-state index in [2.05, 4.69) is 37.5 Å². The molecule has 3 amide bonds. The maximum absolute atomic E-state index is 12.6. The lowest BCUT2D eigenvalue weighted by Gasteiger charge is -2.24. The minimum absolute atomic E-state index is 0.0106. The number of ether oxygens (including phenoxy) is 3. The molecule has 0 atom stereocenters. The zero-order valence-electron chi connectivity index (χ0n) is 23.4. The number of nitrogens with zero attached hydrogens (tertiary/aromatic N) is 5. The summed E-state index contributed by atoms with van der Waals surface area (Å²) < 4.78 is 16.9. The Hall–Kier alpha value is -3.80. The van der Waals surface area contributed by atoms with Crippen LogP contribution in [0.15, 0.2) is 46.6 Å². The van der Waals surface area contributed by atoms with Crippen molar-refractivity contribution in [1.82, 2.24) is 14.9 Å². The van der Waals surface area contributed by atoms with Crippen LogP contribution in [0.2, 0.25) is 0 Å². The quantitative estimate of drug-likeness (QED) is 0.174. The number of benzene rings is 1. The lowest BCUT2D eigenvalue weighted by atomic mass is 10.1. The molecule has 0 fully saturated rings. The molecular weight excluding hydrogens is 570 g/mol. The summed E-state index contributed by atoms with van der Waals surface area (Å²) in [6.07, 6.45) is 0.252. The van der Waals surface area contributed by atoms with E-state index in [1.54, 1.807) is 47.0 Å². The molecule has 1 aromatic heterocycles. The third-order valence-corrected chi connectivity index (χ3v) is 5.04. The van der Waals surface area contributed by atoms with Crippen LogP contribution in [0.1, 0.15) is 58.4 Å². The second-order valence-corrected chi connectivity index (χ2v) is 11.2. The number of imide groups is 1. The SMILES string of the molecule is C=C(OC(=NC)c1ccc(CN(C)C(=O)OC(C)(C)C)cc1)c1nc(Br)cnc1N(C=O)C(=O)OC(C)(C)C. The molecule has 0 aliphatic carbocycles. The Labute approximate surface area is 237 Å². The molecule has 1 aromatic carbocycles. The van der Waals surface area contributed by atoms with Crippen molar-refractivity contribution in [3.8, 4) is 0 Å². The summed E-state index contributed by atoms with van der Waals surface area (Å²) in [5.74, 6) is 0.0710. The van der Waals surface area contributed by atoms with Crippen molar-refractivity contribution < 1.29 is 28.6 Å². The van der Waals surface area contributed by atoms with Crippen LogP contribution in [0.3, 0.4) is 0 Å².